The number of imidazole rings is 1. The van der Waals surface area contributed by atoms with Crippen molar-refractivity contribution < 1.29 is 4.74 Å². The van der Waals surface area contributed by atoms with E-state index in [-0.39, 0.29) is 0 Å². The Hall–Kier alpha value is -3.38. The zero-order chi connectivity index (χ0) is 20.5. The molecule has 6 heteroatoms. The van der Waals surface area contributed by atoms with E-state index in [0.29, 0.717) is 24.4 Å². The van der Waals surface area contributed by atoms with E-state index in [2.05, 4.69) is 26.8 Å². The van der Waals surface area contributed by atoms with Crippen molar-refractivity contribution in [3.8, 4) is 17.0 Å². The Bertz CT molecular complexity index is 1160. The summed E-state index contributed by atoms with van der Waals surface area (Å²) in [5, 5.41) is 3.34. The molecule has 0 spiro atoms. The van der Waals surface area contributed by atoms with Gasteiger partial charge in [-0.05, 0) is 37.6 Å². The largest absolute Gasteiger partial charge is 0.489 e. The third-order valence-corrected chi connectivity index (χ3v) is 5.88. The van der Waals surface area contributed by atoms with Gasteiger partial charge in [0.05, 0.1) is 0 Å². The number of aromatic nitrogens is 3. The van der Waals surface area contributed by atoms with Crippen LogP contribution in [0.1, 0.15) is 30.1 Å². The highest BCUT2D eigenvalue weighted by Crippen LogP contribution is 2.39. The molecule has 1 fully saturated rings. The van der Waals surface area contributed by atoms with Crippen molar-refractivity contribution in [2.75, 3.05) is 12.8 Å². The molecule has 5 rings (SSSR count). The first-order valence-corrected chi connectivity index (χ1v) is 10.3. The maximum atomic E-state index is 6.28. The van der Waals surface area contributed by atoms with Crippen LogP contribution in [0.15, 0.2) is 67.0 Å². The molecular weight excluding hydrogens is 374 g/mol. The van der Waals surface area contributed by atoms with Crippen molar-refractivity contribution in [2.24, 2.45) is 0 Å². The lowest BCUT2D eigenvalue weighted by Crippen LogP contribution is -2.38. The van der Waals surface area contributed by atoms with E-state index < -0.39 is 0 Å². The summed E-state index contributed by atoms with van der Waals surface area (Å²) in [6, 6.07) is 18.7. The fourth-order valence-corrected chi connectivity index (χ4v) is 4.11. The number of benzene rings is 2. The van der Waals surface area contributed by atoms with Gasteiger partial charge in [-0.2, -0.15) is 0 Å². The number of fused-ring (bicyclic) bond motifs is 1. The number of anilines is 1. The normalized spacial score (nSPS) is 18.3. The highest BCUT2D eigenvalue weighted by atomic mass is 16.5. The van der Waals surface area contributed by atoms with Gasteiger partial charge in [0.15, 0.2) is 0 Å². The topological polar surface area (TPSA) is 77.5 Å². The summed E-state index contributed by atoms with van der Waals surface area (Å²) in [7, 11) is 2.01. The number of nitrogens with one attached hydrogen (secondary N) is 1. The SMILES string of the molecule is CN[C@H]1C[C@@H](c2nc(-c3cccc(OCc4ccccc4)c3)c3c(N)nccn32)C1. The number of hydrogen-bond donors (Lipinski definition) is 2. The molecule has 1 aliphatic carbocycles. The van der Waals surface area contributed by atoms with Crippen LogP contribution in [0.2, 0.25) is 0 Å². The smallest absolute Gasteiger partial charge is 0.150 e. The van der Waals surface area contributed by atoms with Gasteiger partial charge in [0.2, 0.25) is 0 Å². The van der Waals surface area contributed by atoms with Crippen LogP contribution in [0.5, 0.6) is 5.75 Å². The Morgan fingerprint density at radius 3 is 2.77 bits per heavy atom. The fraction of sp³-hybridized carbons (Fsp3) is 0.250. The molecule has 0 radical (unpaired) electrons. The van der Waals surface area contributed by atoms with Crippen LogP contribution in [-0.2, 0) is 6.61 Å². The molecule has 1 aliphatic rings. The third-order valence-electron chi connectivity index (χ3n) is 5.88. The van der Waals surface area contributed by atoms with Gasteiger partial charge in [-0.25, -0.2) is 9.97 Å². The lowest BCUT2D eigenvalue weighted by Gasteiger charge is -2.34. The molecule has 0 amide bonds. The summed E-state index contributed by atoms with van der Waals surface area (Å²) in [6.45, 7) is 0.524. The Balaban J connectivity index is 1.49. The molecular formula is C24H25N5O. The Kier molecular flexibility index (Phi) is 4.85. The first kappa shape index (κ1) is 18.6. The maximum absolute atomic E-state index is 6.28. The number of nitrogens with two attached hydrogens (primary N) is 1. The summed E-state index contributed by atoms with van der Waals surface area (Å²) in [5.41, 5.74) is 10.1. The van der Waals surface area contributed by atoms with Gasteiger partial charge in [0.25, 0.3) is 0 Å². The number of nitrogens with zero attached hydrogens (tertiary/aromatic N) is 3. The van der Waals surface area contributed by atoms with E-state index in [1.165, 1.54) is 0 Å². The van der Waals surface area contributed by atoms with Gasteiger partial charge in [0.1, 0.15) is 35.2 Å². The second kappa shape index (κ2) is 7.80. The molecule has 0 atom stereocenters. The molecule has 0 aliphatic heterocycles. The Morgan fingerprint density at radius 1 is 1.13 bits per heavy atom. The van der Waals surface area contributed by atoms with E-state index >= 15 is 0 Å². The molecule has 3 N–H and O–H groups in total. The fourth-order valence-electron chi connectivity index (χ4n) is 4.11. The number of hydrogen-bond acceptors (Lipinski definition) is 5. The molecule has 1 saturated carbocycles. The first-order chi connectivity index (χ1) is 14.7. The number of ether oxygens (including phenoxy) is 1. The first-order valence-electron chi connectivity index (χ1n) is 10.3. The van der Waals surface area contributed by atoms with Gasteiger partial charge in [0, 0.05) is 29.9 Å². The zero-order valence-electron chi connectivity index (χ0n) is 17.0. The molecule has 2 aromatic carbocycles. The number of rotatable bonds is 6. The van der Waals surface area contributed by atoms with Gasteiger partial charge >= 0.3 is 0 Å². The predicted molar refractivity (Wildman–Crippen MR) is 118 cm³/mol. The van der Waals surface area contributed by atoms with E-state index in [9.17, 15) is 0 Å². The van der Waals surface area contributed by atoms with Crippen molar-refractivity contribution in [3.63, 3.8) is 0 Å². The number of nitrogen functional groups attached to an aromatic ring is 1. The third kappa shape index (κ3) is 3.39. The highest BCUT2D eigenvalue weighted by molar-refractivity contribution is 5.85. The van der Waals surface area contributed by atoms with Crippen LogP contribution in [0.25, 0.3) is 16.8 Å². The molecule has 2 aromatic heterocycles. The molecule has 0 unspecified atom stereocenters. The van der Waals surface area contributed by atoms with Crippen molar-refractivity contribution in [3.05, 3.63) is 78.4 Å². The van der Waals surface area contributed by atoms with Crippen molar-refractivity contribution in [2.45, 2.75) is 31.4 Å². The van der Waals surface area contributed by atoms with Crippen LogP contribution in [0.3, 0.4) is 0 Å². The lowest BCUT2D eigenvalue weighted by atomic mass is 9.80. The van der Waals surface area contributed by atoms with Gasteiger partial charge in [-0.3, -0.25) is 4.40 Å². The summed E-state index contributed by atoms with van der Waals surface area (Å²) in [4.78, 5) is 9.34. The van der Waals surface area contributed by atoms with E-state index in [0.717, 1.165) is 46.8 Å². The Morgan fingerprint density at radius 2 is 1.97 bits per heavy atom. The van der Waals surface area contributed by atoms with E-state index in [4.69, 9.17) is 15.5 Å². The van der Waals surface area contributed by atoms with Crippen molar-refractivity contribution >= 4 is 11.3 Å². The van der Waals surface area contributed by atoms with Crippen LogP contribution in [0.4, 0.5) is 5.82 Å². The van der Waals surface area contributed by atoms with Gasteiger partial charge < -0.3 is 15.8 Å². The molecule has 152 valence electrons. The van der Waals surface area contributed by atoms with Crippen LogP contribution >= 0.6 is 0 Å². The molecule has 4 aromatic rings. The second-order valence-electron chi connectivity index (χ2n) is 7.81. The van der Waals surface area contributed by atoms with Crippen molar-refractivity contribution in [1.82, 2.24) is 19.7 Å². The molecule has 0 bridgehead atoms. The van der Waals surface area contributed by atoms with Crippen molar-refractivity contribution in [1.29, 1.82) is 0 Å². The molecule has 2 heterocycles. The maximum Gasteiger partial charge on any atom is 0.150 e. The summed E-state index contributed by atoms with van der Waals surface area (Å²) in [6.07, 6.45) is 5.86. The monoisotopic (exact) mass is 399 g/mol. The lowest BCUT2D eigenvalue weighted by molar-refractivity contribution is 0.296. The second-order valence-corrected chi connectivity index (χ2v) is 7.81. The van der Waals surface area contributed by atoms with Gasteiger partial charge in [-0.1, -0.05) is 42.5 Å². The minimum absolute atomic E-state index is 0.419. The van der Waals surface area contributed by atoms with Crippen LogP contribution in [-0.4, -0.2) is 27.5 Å². The average Bonchev–Trinajstić information content (AvgIpc) is 3.13. The predicted octanol–water partition coefficient (Wildman–Crippen LogP) is 4.02. The molecule has 6 nitrogen and oxygen atoms in total. The zero-order valence-corrected chi connectivity index (χ0v) is 17.0. The van der Waals surface area contributed by atoms with Gasteiger partial charge in [-0.15, -0.1) is 0 Å². The quantitative estimate of drug-likeness (QED) is 0.512. The minimum atomic E-state index is 0.419. The average molecular weight is 399 g/mol. The Labute approximate surface area is 175 Å². The van der Waals surface area contributed by atoms with Crippen LogP contribution in [0, 0.1) is 0 Å². The van der Waals surface area contributed by atoms with E-state index in [1.54, 1.807) is 6.20 Å². The summed E-state index contributed by atoms with van der Waals surface area (Å²) < 4.78 is 8.12. The summed E-state index contributed by atoms with van der Waals surface area (Å²) >= 11 is 0. The standard InChI is InChI=1S/C24H25N5O/c1-26-19-12-18(13-19)24-28-21(22-23(25)27-10-11-29(22)24)17-8-5-9-20(14-17)30-15-16-6-3-2-4-7-16/h2-11,14,18-19,26H,12-13,15H2,1H3,(H2,25,27)/t18-,19+. The highest BCUT2D eigenvalue weighted by Gasteiger charge is 2.33. The molecule has 0 saturated heterocycles. The van der Waals surface area contributed by atoms with E-state index in [1.807, 2.05) is 55.7 Å². The van der Waals surface area contributed by atoms with Crippen LogP contribution < -0.4 is 15.8 Å². The molecule has 30 heavy (non-hydrogen) atoms. The minimum Gasteiger partial charge on any atom is -0.489 e. The summed E-state index contributed by atoms with van der Waals surface area (Å²) in [5.74, 6) is 2.77.